The monoisotopic (exact) mass is 404 g/mol. The Labute approximate surface area is 167 Å². The molecule has 0 unspecified atom stereocenters. The van der Waals surface area contributed by atoms with Crippen molar-refractivity contribution in [3.05, 3.63) is 52.8 Å². The molecule has 0 saturated carbocycles. The van der Waals surface area contributed by atoms with Crippen LogP contribution in [0.4, 0.5) is 16.0 Å². The summed E-state index contributed by atoms with van der Waals surface area (Å²) < 4.78 is 19.0. The van der Waals surface area contributed by atoms with Gasteiger partial charge >= 0.3 is 5.97 Å². The number of nitrogens with zero attached hydrogens (tertiary/aromatic N) is 1. The highest BCUT2D eigenvalue weighted by molar-refractivity contribution is 6.30. The maximum Gasteiger partial charge on any atom is 0.331 e. The van der Waals surface area contributed by atoms with E-state index in [9.17, 15) is 9.18 Å². The maximum absolute atomic E-state index is 13.9. The highest BCUT2D eigenvalue weighted by Gasteiger charge is 2.29. The number of hydrogen-bond donors (Lipinski definition) is 3. The molecule has 0 radical (unpaired) electrons. The first-order valence-electron chi connectivity index (χ1n) is 8.91. The normalized spacial score (nSPS) is 11.5. The summed E-state index contributed by atoms with van der Waals surface area (Å²) in [5, 5.41) is 6.60. The minimum Gasteiger partial charge on any atom is -0.464 e. The Kier molecular flexibility index (Phi) is 5.74. The topological polar surface area (TPSA) is 79.0 Å². The van der Waals surface area contributed by atoms with Crippen molar-refractivity contribution in [2.45, 2.75) is 32.9 Å². The van der Waals surface area contributed by atoms with Crippen LogP contribution in [0.2, 0.25) is 5.02 Å². The molecule has 148 valence electrons. The molecule has 0 atom stereocenters. The van der Waals surface area contributed by atoms with E-state index in [0.717, 1.165) is 16.7 Å². The molecule has 0 spiro atoms. The van der Waals surface area contributed by atoms with Crippen LogP contribution in [0, 0.1) is 5.82 Å². The fourth-order valence-electron chi connectivity index (χ4n) is 2.74. The van der Waals surface area contributed by atoms with Crippen molar-refractivity contribution >= 4 is 40.2 Å². The molecule has 0 fully saturated rings. The lowest BCUT2D eigenvalue weighted by Crippen LogP contribution is -2.41. The summed E-state index contributed by atoms with van der Waals surface area (Å²) in [6.45, 7) is 5.89. The number of ether oxygens (including phenoxy) is 1. The van der Waals surface area contributed by atoms with Crippen LogP contribution < -0.4 is 10.6 Å². The number of H-pyrrole nitrogens is 1. The fraction of sp³-hybridized carbons (Fsp3) is 0.300. The summed E-state index contributed by atoms with van der Waals surface area (Å²) in [6, 6.07) is 10.1. The molecule has 0 aliphatic heterocycles. The number of nitrogens with one attached hydrogen (secondary N) is 3. The number of esters is 1. The van der Waals surface area contributed by atoms with Gasteiger partial charge in [-0.1, -0.05) is 17.7 Å². The van der Waals surface area contributed by atoms with Crippen LogP contribution in [-0.4, -0.2) is 28.1 Å². The molecule has 8 heteroatoms. The Morgan fingerprint density at radius 3 is 2.79 bits per heavy atom. The first-order valence-corrected chi connectivity index (χ1v) is 9.29. The molecule has 3 aromatic rings. The smallest absolute Gasteiger partial charge is 0.331 e. The van der Waals surface area contributed by atoms with Gasteiger partial charge in [0.05, 0.1) is 17.6 Å². The highest BCUT2D eigenvalue weighted by atomic mass is 35.5. The summed E-state index contributed by atoms with van der Waals surface area (Å²) in [5.41, 5.74) is 1.91. The minimum absolute atomic E-state index is 0.268. The van der Waals surface area contributed by atoms with Gasteiger partial charge in [-0.15, -0.1) is 0 Å². The molecule has 0 bridgehead atoms. The second kappa shape index (κ2) is 8.06. The van der Waals surface area contributed by atoms with Crippen molar-refractivity contribution < 1.29 is 13.9 Å². The highest BCUT2D eigenvalue weighted by Crippen LogP contribution is 2.23. The van der Waals surface area contributed by atoms with E-state index in [1.807, 2.05) is 18.2 Å². The molecule has 1 aromatic heterocycles. The minimum atomic E-state index is -0.864. The number of rotatable bonds is 7. The molecule has 6 nitrogen and oxygen atoms in total. The molecule has 3 rings (SSSR count). The zero-order valence-corrected chi connectivity index (χ0v) is 16.7. The van der Waals surface area contributed by atoms with Crippen molar-refractivity contribution in [2.24, 2.45) is 0 Å². The SMILES string of the molecule is CCOC(=O)C(C)(C)Nc1ccc2nc(NCc3ccc(Cl)cc3F)[nH]c2c1. The van der Waals surface area contributed by atoms with Gasteiger partial charge in [0.2, 0.25) is 5.95 Å². The zero-order chi connectivity index (χ0) is 20.3. The average Bonchev–Trinajstić information content (AvgIpc) is 3.03. The molecule has 0 aliphatic carbocycles. The summed E-state index contributed by atoms with van der Waals surface area (Å²) in [5.74, 6) is -0.179. The van der Waals surface area contributed by atoms with E-state index < -0.39 is 5.54 Å². The van der Waals surface area contributed by atoms with E-state index >= 15 is 0 Å². The van der Waals surface area contributed by atoms with Crippen molar-refractivity contribution in [1.29, 1.82) is 0 Å². The van der Waals surface area contributed by atoms with Crippen LogP contribution in [-0.2, 0) is 16.1 Å². The molecule has 28 heavy (non-hydrogen) atoms. The molecule has 2 aromatic carbocycles. The van der Waals surface area contributed by atoms with E-state index in [1.54, 1.807) is 32.9 Å². The van der Waals surface area contributed by atoms with E-state index in [2.05, 4.69) is 20.6 Å². The van der Waals surface area contributed by atoms with E-state index in [4.69, 9.17) is 16.3 Å². The predicted octanol–water partition coefficient (Wildman–Crippen LogP) is 4.72. The molecular formula is C20H22ClFN4O2. The molecule has 0 aliphatic rings. The molecule has 0 amide bonds. The predicted molar refractivity (Wildman–Crippen MR) is 109 cm³/mol. The number of carbonyl (C=O) groups is 1. The Hall–Kier alpha value is -2.80. The fourth-order valence-corrected chi connectivity index (χ4v) is 2.90. The number of fused-ring (bicyclic) bond motifs is 1. The quantitative estimate of drug-likeness (QED) is 0.496. The average molecular weight is 405 g/mol. The Morgan fingerprint density at radius 1 is 1.29 bits per heavy atom. The van der Waals surface area contributed by atoms with Crippen LogP contribution in [0.5, 0.6) is 0 Å². The Balaban J connectivity index is 1.72. The molecular weight excluding hydrogens is 383 g/mol. The number of anilines is 2. The summed E-state index contributed by atoms with van der Waals surface area (Å²) >= 11 is 5.77. The second-order valence-electron chi connectivity index (χ2n) is 6.88. The van der Waals surface area contributed by atoms with Crippen LogP contribution in [0.15, 0.2) is 36.4 Å². The number of aromatic nitrogens is 2. The van der Waals surface area contributed by atoms with Gasteiger partial charge in [-0.25, -0.2) is 14.2 Å². The first kappa shape index (κ1) is 19.9. The van der Waals surface area contributed by atoms with Gasteiger partial charge in [0, 0.05) is 22.8 Å². The lowest BCUT2D eigenvalue weighted by Gasteiger charge is -2.25. The van der Waals surface area contributed by atoms with Crippen molar-refractivity contribution in [2.75, 3.05) is 17.2 Å². The van der Waals surface area contributed by atoms with Crippen LogP contribution in [0.3, 0.4) is 0 Å². The molecule has 3 N–H and O–H groups in total. The van der Waals surface area contributed by atoms with E-state index in [0.29, 0.717) is 23.1 Å². The number of hydrogen-bond acceptors (Lipinski definition) is 5. The second-order valence-corrected chi connectivity index (χ2v) is 7.31. The summed E-state index contributed by atoms with van der Waals surface area (Å²) in [7, 11) is 0. The van der Waals surface area contributed by atoms with Gasteiger partial charge in [-0.3, -0.25) is 0 Å². The largest absolute Gasteiger partial charge is 0.464 e. The van der Waals surface area contributed by atoms with Crippen LogP contribution in [0.25, 0.3) is 11.0 Å². The number of aromatic amines is 1. The van der Waals surface area contributed by atoms with Gasteiger partial charge in [0.1, 0.15) is 11.4 Å². The van der Waals surface area contributed by atoms with Gasteiger partial charge in [-0.05, 0) is 51.1 Å². The number of halogens is 2. The first-order chi connectivity index (χ1) is 13.3. The third kappa shape index (κ3) is 4.54. The Morgan fingerprint density at radius 2 is 2.07 bits per heavy atom. The van der Waals surface area contributed by atoms with Gasteiger partial charge in [0.25, 0.3) is 0 Å². The maximum atomic E-state index is 13.9. The van der Waals surface area contributed by atoms with Crippen molar-refractivity contribution in [3.63, 3.8) is 0 Å². The number of carbonyl (C=O) groups excluding carboxylic acids is 1. The zero-order valence-electron chi connectivity index (χ0n) is 15.9. The Bertz CT molecular complexity index is 1000. The van der Waals surface area contributed by atoms with Crippen LogP contribution >= 0.6 is 11.6 Å². The summed E-state index contributed by atoms with van der Waals surface area (Å²) in [4.78, 5) is 19.6. The molecule has 1 heterocycles. The molecule has 0 saturated heterocycles. The lowest BCUT2D eigenvalue weighted by atomic mass is 10.1. The standard InChI is InChI=1S/C20H22ClFN4O2/c1-4-28-18(27)20(2,3)26-14-7-8-16-17(10-14)25-19(24-16)23-11-12-5-6-13(21)9-15(12)22/h5-10,26H,4,11H2,1-3H3,(H2,23,24,25). The number of benzene rings is 2. The van der Waals surface area contributed by atoms with E-state index in [-0.39, 0.29) is 18.3 Å². The van der Waals surface area contributed by atoms with Gasteiger partial charge < -0.3 is 20.4 Å². The van der Waals surface area contributed by atoms with Crippen LogP contribution in [0.1, 0.15) is 26.3 Å². The summed E-state index contributed by atoms with van der Waals surface area (Å²) in [6.07, 6.45) is 0. The third-order valence-electron chi connectivity index (χ3n) is 4.19. The third-order valence-corrected chi connectivity index (χ3v) is 4.42. The van der Waals surface area contributed by atoms with Crippen molar-refractivity contribution in [3.8, 4) is 0 Å². The van der Waals surface area contributed by atoms with E-state index in [1.165, 1.54) is 6.07 Å². The lowest BCUT2D eigenvalue weighted by molar-refractivity contribution is -0.147. The van der Waals surface area contributed by atoms with Gasteiger partial charge in [-0.2, -0.15) is 0 Å². The number of imidazole rings is 1. The van der Waals surface area contributed by atoms with Crippen molar-refractivity contribution in [1.82, 2.24) is 9.97 Å². The van der Waals surface area contributed by atoms with Gasteiger partial charge in [0.15, 0.2) is 0 Å².